The van der Waals surface area contributed by atoms with E-state index in [2.05, 4.69) is 10.2 Å². The number of piperidine rings is 1. The van der Waals surface area contributed by atoms with E-state index >= 15 is 0 Å². The van der Waals surface area contributed by atoms with Crippen LogP contribution in [-0.2, 0) is 4.79 Å². The van der Waals surface area contributed by atoms with E-state index in [0.717, 1.165) is 13.0 Å². The van der Waals surface area contributed by atoms with E-state index in [4.69, 9.17) is 0 Å². The lowest BCUT2D eigenvalue weighted by atomic mass is 9.72. The number of Topliss-reactive ketones (excluding diaryl/α,β-unsaturated/α-hetero) is 1. The summed E-state index contributed by atoms with van der Waals surface area (Å²) < 4.78 is 0. The molecule has 1 aliphatic heterocycles. The second-order valence-electron chi connectivity index (χ2n) is 9.13. The molecule has 1 aromatic carbocycles. The Balaban J connectivity index is 1.67. The van der Waals surface area contributed by atoms with Gasteiger partial charge in [0.25, 0.3) is 5.91 Å². The average molecular weight is 417 g/mol. The summed E-state index contributed by atoms with van der Waals surface area (Å²) in [6.45, 7) is 6.51. The van der Waals surface area contributed by atoms with E-state index < -0.39 is 12.1 Å². The number of aliphatic hydroxyl groups is 1. The highest BCUT2D eigenvalue weighted by Gasteiger charge is 2.39. The molecule has 6 heteroatoms. The molecule has 1 aliphatic carbocycles. The normalized spacial score (nSPS) is 26.5. The molecule has 166 valence electrons. The lowest BCUT2D eigenvalue weighted by Gasteiger charge is -2.46. The van der Waals surface area contributed by atoms with Crippen LogP contribution < -0.4 is 5.32 Å². The van der Waals surface area contributed by atoms with Crippen LogP contribution in [0.1, 0.15) is 68.3 Å². The fourth-order valence-corrected chi connectivity index (χ4v) is 5.28. The van der Waals surface area contributed by atoms with Gasteiger partial charge in [0.05, 0.1) is 18.2 Å². The number of phenolic OH excluding ortho intramolecular Hbond substituents is 1. The number of phenols is 1. The van der Waals surface area contributed by atoms with E-state index in [1.165, 1.54) is 25.7 Å². The fourth-order valence-electron chi connectivity index (χ4n) is 5.28. The molecular weight excluding hydrogens is 380 g/mol. The zero-order valence-corrected chi connectivity index (χ0v) is 18.4. The van der Waals surface area contributed by atoms with Crippen LogP contribution in [0.2, 0.25) is 0 Å². The first kappa shape index (κ1) is 22.8. The summed E-state index contributed by atoms with van der Waals surface area (Å²) in [5.41, 5.74) is 0.931. The average Bonchev–Trinajstić information content (AvgIpc) is 2.73. The third kappa shape index (κ3) is 5.03. The molecule has 0 bridgehead atoms. The maximum absolute atomic E-state index is 12.7. The van der Waals surface area contributed by atoms with Gasteiger partial charge < -0.3 is 15.5 Å². The van der Waals surface area contributed by atoms with Crippen LogP contribution in [-0.4, -0.2) is 58.1 Å². The van der Waals surface area contributed by atoms with Gasteiger partial charge in [0.15, 0.2) is 0 Å². The summed E-state index contributed by atoms with van der Waals surface area (Å²) >= 11 is 0. The quantitative estimate of drug-likeness (QED) is 0.636. The molecule has 2 aliphatic rings. The third-order valence-electron chi connectivity index (χ3n) is 7.16. The van der Waals surface area contributed by atoms with Crippen molar-refractivity contribution in [2.24, 2.45) is 11.8 Å². The van der Waals surface area contributed by atoms with Crippen LogP contribution in [0.25, 0.3) is 0 Å². The van der Waals surface area contributed by atoms with Gasteiger partial charge in [-0.25, -0.2) is 0 Å². The van der Waals surface area contributed by atoms with Crippen molar-refractivity contribution in [2.45, 2.75) is 77.5 Å². The summed E-state index contributed by atoms with van der Waals surface area (Å²) in [5.74, 6) is 1.17. The van der Waals surface area contributed by atoms with Crippen molar-refractivity contribution in [2.75, 3.05) is 13.1 Å². The second kappa shape index (κ2) is 9.92. The van der Waals surface area contributed by atoms with Crippen LogP contribution >= 0.6 is 0 Å². The zero-order valence-electron chi connectivity index (χ0n) is 18.4. The van der Waals surface area contributed by atoms with E-state index in [1.54, 1.807) is 32.0 Å². The van der Waals surface area contributed by atoms with Crippen molar-refractivity contribution >= 4 is 11.7 Å². The largest absolute Gasteiger partial charge is 0.508 e. The van der Waals surface area contributed by atoms with E-state index in [1.807, 2.05) is 6.92 Å². The van der Waals surface area contributed by atoms with Gasteiger partial charge in [-0.05, 0) is 57.1 Å². The fraction of sp³-hybridized carbons (Fsp3) is 0.667. The van der Waals surface area contributed by atoms with Crippen LogP contribution in [0.15, 0.2) is 18.2 Å². The molecule has 1 saturated heterocycles. The van der Waals surface area contributed by atoms with Gasteiger partial charge in [-0.3, -0.25) is 14.5 Å². The third-order valence-corrected chi connectivity index (χ3v) is 7.16. The summed E-state index contributed by atoms with van der Waals surface area (Å²) in [7, 11) is 0. The second-order valence-corrected chi connectivity index (χ2v) is 9.13. The van der Waals surface area contributed by atoms with E-state index in [9.17, 15) is 19.8 Å². The van der Waals surface area contributed by atoms with Crippen LogP contribution in [0, 0.1) is 18.8 Å². The minimum atomic E-state index is -0.765. The number of nitrogens with one attached hydrogen (secondary N) is 1. The highest BCUT2D eigenvalue weighted by Crippen LogP contribution is 2.38. The number of benzene rings is 1. The summed E-state index contributed by atoms with van der Waals surface area (Å²) in [6.07, 6.45) is 5.62. The van der Waals surface area contributed by atoms with Crippen molar-refractivity contribution in [1.29, 1.82) is 0 Å². The Kier molecular flexibility index (Phi) is 7.53. The van der Waals surface area contributed by atoms with Gasteiger partial charge in [-0.2, -0.15) is 0 Å². The molecule has 1 amide bonds. The highest BCUT2D eigenvalue weighted by atomic mass is 16.3. The molecule has 1 heterocycles. The number of carbonyl (C=O) groups excluding carboxylic acids is 2. The Bertz CT molecular complexity index is 766. The molecule has 2 fully saturated rings. The number of aliphatic hydroxyl groups excluding tert-OH is 1. The number of β-amino-alcohol motifs (C(OH)–C–C–N with tert-alkyl or cyclic N) is 1. The summed E-state index contributed by atoms with van der Waals surface area (Å²) in [6, 6.07) is 4.30. The minimum absolute atomic E-state index is 0.0795. The molecule has 30 heavy (non-hydrogen) atoms. The van der Waals surface area contributed by atoms with Crippen LogP contribution in [0.5, 0.6) is 5.75 Å². The number of ketones is 1. The molecule has 3 rings (SSSR count). The first-order valence-electron chi connectivity index (χ1n) is 11.3. The smallest absolute Gasteiger partial charge is 0.251 e. The number of amides is 1. The Labute approximate surface area is 179 Å². The number of aromatic hydroxyl groups is 1. The van der Waals surface area contributed by atoms with Gasteiger partial charge >= 0.3 is 0 Å². The zero-order chi connectivity index (χ0) is 21.8. The number of nitrogens with zero attached hydrogens (tertiary/aromatic N) is 1. The van der Waals surface area contributed by atoms with Crippen molar-refractivity contribution in [3.8, 4) is 5.75 Å². The molecule has 1 saturated carbocycles. The molecule has 0 aromatic heterocycles. The van der Waals surface area contributed by atoms with Crippen molar-refractivity contribution in [3.63, 3.8) is 0 Å². The molecule has 5 unspecified atom stereocenters. The van der Waals surface area contributed by atoms with Crippen LogP contribution in [0.4, 0.5) is 0 Å². The predicted octanol–water partition coefficient (Wildman–Crippen LogP) is 3.04. The van der Waals surface area contributed by atoms with Gasteiger partial charge in [0.1, 0.15) is 11.5 Å². The topological polar surface area (TPSA) is 89.9 Å². The number of hydrogen-bond acceptors (Lipinski definition) is 5. The maximum atomic E-state index is 12.7. The highest BCUT2D eigenvalue weighted by molar-refractivity contribution is 5.96. The molecular formula is C24H36N2O4. The molecule has 1 aromatic rings. The van der Waals surface area contributed by atoms with Crippen molar-refractivity contribution < 1.29 is 19.8 Å². The van der Waals surface area contributed by atoms with Gasteiger partial charge in [0, 0.05) is 24.2 Å². The number of rotatable bonds is 7. The Morgan fingerprint density at radius 2 is 1.93 bits per heavy atom. The SMILES string of the molecule is CCC(NC(=O)c1cccc(O)c1C)C(O)CN1CC2CCCCC2CC1C(C)=O. The molecule has 0 spiro atoms. The number of likely N-dealkylation sites (tertiary alicyclic amines) is 1. The number of carbonyl (C=O) groups is 2. The van der Waals surface area contributed by atoms with E-state index in [0.29, 0.717) is 35.9 Å². The Morgan fingerprint density at radius 3 is 2.60 bits per heavy atom. The lowest BCUT2D eigenvalue weighted by Crippen LogP contribution is -2.56. The molecule has 5 atom stereocenters. The maximum Gasteiger partial charge on any atom is 0.251 e. The van der Waals surface area contributed by atoms with Gasteiger partial charge in [0.2, 0.25) is 0 Å². The first-order valence-corrected chi connectivity index (χ1v) is 11.3. The van der Waals surface area contributed by atoms with Crippen molar-refractivity contribution in [1.82, 2.24) is 10.2 Å². The van der Waals surface area contributed by atoms with Crippen molar-refractivity contribution in [3.05, 3.63) is 29.3 Å². The van der Waals surface area contributed by atoms with Gasteiger partial charge in [-0.15, -0.1) is 0 Å². The molecule has 0 radical (unpaired) electrons. The van der Waals surface area contributed by atoms with E-state index in [-0.39, 0.29) is 23.5 Å². The molecule has 3 N–H and O–H groups in total. The minimum Gasteiger partial charge on any atom is -0.508 e. The number of fused-ring (bicyclic) bond motifs is 1. The van der Waals surface area contributed by atoms with Gasteiger partial charge in [-0.1, -0.05) is 32.3 Å². The summed E-state index contributed by atoms with van der Waals surface area (Å²) in [5, 5.41) is 23.8. The van der Waals surface area contributed by atoms with Crippen LogP contribution in [0.3, 0.4) is 0 Å². The Hall–Kier alpha value is -1.92. The molecule has 6 nitrogen and oxygen atoms in total. The summed E-state index contributed by atoms with van der Waals surface area (Å²) in [4.78, 5) is 27.2. The first-order chi connectivity index (χ1) is 14.3. The monoisotopic (exact) mass is 416 g/mol. The lowest BCUT2D eigenvalue weighted by molar-refractivity contribution is -0.126. The Morgan fingerprint density at radius 1 is 1.23 bits per heavy atom. The standard InChI is InChI=1S/C24H36N2O4/c1-4-20(25-24(30)19-10-7-11-22(28)15(19)2)23(29)14-26-13-18-9-6-5-8-17(18)12-21(26)16(3)27/h7,10-11,17-18,20-21,23,28-29H,4-6,8-9,12-14H2,1-3H3,(H,25,30). The predicted molar refractivity (Wildman–Crippen MR) is 117 cm³/mol. The number of hydrogen-bond donors (Lipinski definition) is 3.